The van der Waals surface area contributed by atoms with Crippen LogP contribution < -0.4 is 0 Å². The van der Waals surface area contributed by atoms with Gasteiger partial charge in [-0.3, -0.25) is 0 Å². The van der Waals surface area contributed by atoms with Crippen molar-refractivity contribution in [2.24, 2.45) is 0 Å². The molecule has 19 heavy (non-hydrogen) atoms. The number of rotatable bonds is 4. The van der Waals surface area contributed by atoms with E-state index in [-0.39, 0.29) is 0 Å². The second-order valence-electron chi connectivity index (χ2n) is 4.82. The highest BCUT2D eigenvalue weighted by Gasteiger charge is 2.10. The molecule has 2 aromatic rings. The topological polar surface area (TPSA) is 37.3 Å². The summed E-state index contributed by atoms with van der Waals surface area (Å²) in [5.41, 5.74) is 5.01. The maximum Gasteiger partial charge on any atom is 0.335 e. The van der Waals surface area contributed by atoms with Crippen LogP contribution in [0.2, 0.25) is 0 Å². The van der Waals surface area contributed by atoms with Crippen molar-refractivity contribution in [3.63, 3.8) is 0 Å². The van der Waals surface area contributed by atoms with Crippen molar-refractivity contribution in [2.45, 2.75) is 26.7 Å². The van der Waals surface area contributed by atoms with Gasteiger partial charge < -0.3 is 5.11 Å². The van der Waals surface area contributed by atoms with Gasteiger partial charge in [0.05, 0.1) is 5.56 Å². The Hall–Kier alpha value is -2.09. The van der Waals surface area contributed by atoms with Crippen molar-refractivity contribution in [1.82, 2.24) is 0 Å². The van der Waals surface area contributed by atoms with E-state index in [2.05, 4.69) is 19.1 Å². The summed E-state index contributed by atoms with van der Waals surface area (Å²) >= 11 is 0. The second kappa shape index (κ2) is 5.70. The number of hydrogen-bond donors (Lipinski definition) is 1. The molecule has 0 spiro atoms. The van der Waals surface area contributed by atoms with E-state index in [0.717, 1.165) is 24.0 Å². The molecule has 0 heterocycles. The van der Waals surface area contributed by atoms with Gasteiger partial charge in [-0.25, -0.2) is 4.79 Å². The molecule has 0 radical (unpaired) electrons. The van der Waals surface area contributed by atoms with E-state index in [1.807, 2.05) is 31.2 Å². The summed E-state index contributed by atoms with van der Waals surface area (Å²) in [5, 5.41) is 9.12. The van der Waals surface area contributed by atoms with E-state index in [1.54, 1.807) is 6.07 Å². The quantitative estimate of drug-likeness (QED) is 0.901. The molecule has 0 aliphatic rings. The van der Waals surface area contributed by atoms with Gasteiger partial charge in [0.1, 0.15) is 0 Å². The van der Waals surface area contributed by atoms with Gasteiger partial charge in [0.25, 0.3) is 0 Å². The molecule has 0 amide bonds. The number of carboxylic acids is 1. The molecular formula is C17H18O2. The molecular weight excluding hydrogens is 236 g/mol. The minimum absolute atomic E-state index is 0.405. The summed E-state index contributed by atoms with van der Waals surface area (Å²) in [6, 6.07) is 13.8. The minimum Gasteiger partial charge on any atom is -0.478 e. The predicted octanol–water partition coefficient (Wildman–Crippen LogP) is 3.79. The monoisotopic (exact) mass is 254 g/mol. The molecule has 1 N–H and O–H groups in total. The third-order valence-electron chi connectivity index (χ3n) is 3.60. The summed E-state index contributed by atoms with van der Waals surface area (Å²) in [4.78, 5) is 11.1. The summed E-state index contributed by atoms with van der Waals surface area (Å²) < 4.78 is 0. The second-order valence-corrected chi connectivity index (χ2v) is 4.82. The lowest BCUT2D eigenvalue weighted by molar-refractivity contribution is 0.0696. The van der Waals surface area contributed by atoms with Crippen molar-refractivity contribution in [3.8, 4) is 0 Å². The van der Waals surface area contributed by atoms with Gasteiger partial charge in [-0.2, -0.15) is 0 Å². The number of carbonyl (C=O) groups is 1. The number of aryl methyl sites for hydroxylation is 3. The Bertz CT molecular complexity index is 600. The molecule has 2 rings (SSSR count). The molecule has 0 atom stereocenters. The summed E-state index contributed by atoms with van der Waals surface area (Å²) in [5.74, 6) is -0.852. The maximum atomic E-state index is 11.1. The van der Waals surface area contributed by atoms with Crippen LogP contribution >= 0.6 is 0 Å². The number of hydrogen-bond acceptors (Lipinski definition) is 1. The number of benzene rings is 2. The molecule has 98 valence electrons. The molecule has 0 unspecified atom stereocenters. The molecule has 2 nitrogen and oxygen atoms in total. The van der Waals surface area contributed by atoms with Crippen LogP contribution in [0.1, 0.15) is 32.6 Å². The Labute approximate surface area is 113 Å². The Balaban J connectivity index is 2.19. The smallest absolute Gasteiger partial charge is 0.335 e. The first-order chi connectivity index (χ1) is 9.09. The van der Waals surface area contributed by atoms with Crippen molar-refractivity contribution < 1.29 is 9.90 Å². The van der Waals surface area contributed by atoms with Crippen LogP contribution in [0.4, 0.5) is 0 Å². The van der Waals surface area contributed by atoms with Crippen molar-refractivity contribution in [3.05, 3.63) is 70.3 Å². The van der Waals surface area contributed by atoms with Crippen LogP contribution in [0.25, 0.3) is 0 Å². The SMILES string of the molecule is Cc1ccccc1CCc1cccc(C(=O)O)c1C. The molecule has 0 aromatic heterocycles. The average Bonchev–Trinajstić information content (AvgIpc) is 2.39. The van der Waals surface area contributed by atoms with Gasteiger partial charge in [-0.15, -0.1) is 0 Å². The van der Waals surface area contributed by atoms with Crippen LogP contribution in [-0.4, -0.2) is 11.1 Å². The van der Waals surface area contributed by atoms with E-state index in [4.69, 9.17) is 5.11 Å². The van der Waals surface area contributed by atoms with E-state index in [9.17, 15) is 4.79 Å². The Morgan fingerprint density at radius 2 is 1.58 bits per heavy atom. The van der Waals surface area contributed by atoms with Crippen LogP contribution in [0.5, 0.6) is 0 Å². The molecule has 2 aromatic carbocycles. The first-order valence-corrected chi connectivity index (χ1v) is 6.46. The van der Waals surface area contributed by atoms with E-state index < -0.39 is 5.97 Å². The molecule has 0 aliphatic heterocycles. The lowest BCUT2D eigenvalue weighted by Gasteiger charge is -2.10. The van der Waals surface area contributed by atoms with Crippen molar-refractivity contribution in [1.29, 1.82) is 0 Å². The van der Waals surface area contributed by atoms with Gasteiger partial charge in [0.2, 0.25) is 0 Å². The normalized spacial score (nSPS) is 10.4. The summed E-state index contributed by atoms with van der Waals surface area (Å²) in [7, 11) is 0. The van der Waals surface area contributed by atoms with Gasteiger partial charge in [0, 0.05) is 0 Å². The molecule has 0 aliphatic carbocycles. The molecule has 0 fully saturated rings. The zero-order valence-corrected chi connectivity index (χ0v) is 11.3. The highest BCUT2D eigenvalue weighted by atomic mass is 16.4. The van der Waals surface area contributed by atoms with Crippen molar-refractivity contribution in [2.75, 3.05) is 0 Å². The van der Waals surface area contributed by atoms with Gasteiger partial charge in [-0.1, -0.05) is 36.4 Å². The van der Waals surface area contributed by atoms with Gasteiger partial charge in [-0.05, 0) is 55.0 Å². The largest absolute Gasteiger partial charge is 0.478 e. The first kappa shape index (κ1) is 13.3. The van der Waals surface area contributed by atoms with Crippen LogP contribution in [-0.2, 0) is 12.8 Å². The van der Waals surface area contributed by atoms with E-state index >= 15 is 0 Å². The molecule has 0 saturated heterocycles. The molecule has 0 saturated carbocycles. The third-order valence-corrected chi connectivity index (χ3v) is 3.60. The fourth-order valence-corrected chi connectivity index (χ4v) is 2.35. The highest BCUT2D eigenvalue weighted by molar-refractivity contribution is 5.89. The fourth-order valence-electron chi connectivity index (χ4n) is 2.35. The average molecular weight is 254 g/mol. The lowest BCUT2D eigenvalue weighted by Crippen LogP contribution is -2.03. The summed E-state index contributed by atoms with van der Waals surface area (Å²) in [6.07, 6.45) is 1.81. The van der Waals surface area contributed by atoms with E-state index in [0.29, 0.717) is 5.56 Å². The minimum atomic E-state index is -0.852. The van der Waals surface area contributed by atoms with Crippen molar-refractivity contribution >= 4 is 5.97 Å². The highest BCUT2D eigenvalue weighted by Crippen LogP contribution is 2.17. The van der Waals surface area contributed by atoms with Crippen LogP contribution in [0, 0.1) is 13.8 Å². The maximum absolute atomic E-state index is 11.1. The lowest BCUT2D eigenvalue weighted by atomic mass is 9.95. The number of carboxylic acid groups (broad SMARTS) is 1. The van der Waals surface area contributed by atoms with Gasteiger partial charge in [0.15, 0.2) is 0 Å². The van der Waals surface area contributed by atoms with Gasteiger partial charge >= 0.3 is 5.97 Å². The summed E-state index contributed by atoms with van der Waals surface area (Å²) in [6.45, 7) is 3.99. The Morgan fingerprint density at radius 1 is 0.947 bits per heavy atom. The van der Waals surface area contributed by atoms with Crippen LogP contribution in [0.15, 0.2) is 42.5 Å². The van der Waals surface area contributed by atoms with Crippen LogP contribution in [0.3, 0.4) is 0 Å². The fraction of sp³-hybridized carbons (Fsp3) is 0.235. The standard InChI is InChI=1S/C17H18O2/c1-12-6-3-4-7-14(12)10-11-15-8-5-9-16(13(15)2)17(18)19/h3-9H,10-11H2,1-2H3,(H,18,19). The zero-order valence-electron chi connectivity index (χ0n) is 11.3. The van der Waals surface area contributed by atoms with E-state index in [1.165, 1.54) is 11.1 Å². The molecule has 0 bridgehead atoms. The predicted molar refractivity (Wildman–Crippen MR) is 76.7 cm³/mol. The first-order valence-electron chi connectivity index (χ1n) is 6.46. The third kappa shape index (κ3) is 3.02. The molecule has 2 heteroatoms. The number of aromatic carboxylic acids is 1. The zero-order chi connectivity index (χ0) is 13.8. The Kier molecular flexibility index (Phi) is 4.00. The Morgan fingerprint density at radius 3 is 2.26 bits per heavy atom.